The Labute approximate surface area is 207 Å². The highest BCUT2D eigenvalue weighted by Crippen LogP contribution is 2.31. The smallest absolute Gasteiger partial charge is 0.223 e. The summed E-state index contributed by atoms with van der Waals surface area (Å²) in [4.78, 5) is 12.9. The number of ether oxygens (including phenoxy) is 2. The second kappa shape index (κ2) is 11.9. The third-order valence-electron chi connectivity index (χ3n) is 5.88. The van der Waals surface area contributed by atoms with Gasteiger partial charge in [0.15, 0.2) is 11.5 Å². The predicted octanol–water partition coefficient (Wildman–Crippen LogP) is 4.56. The number of amides is 1. The highest BCUT2D eigenvalue weighted by molar-refractivity contribution is 7.88. The summed E-state index contributed by atoms with van der Waals surface area (Å²) in [6, 6.07) is 12.3. The van der Waals surface area contributed by atoms with E-state index in [2.05, 4.69) is 5.32 Å². The molecule has 186 valence electrons. The molecule has 1 N–H and O–H groups in total. The maximum atomic E-state index is 12.9. The molecule has 0 aliphatic carbocycles. The number of carbonyl (C=O) groups excluding carboxylic acids is 1. The van der Waals surface area contributed by atoms with Gasteiger partial charge in [-0.25, -0.2) is 12.7 Å². The molecular formula is C25H33ClN2O5S. The third kappa shape index (κ3) is 6.87. The van der Waals surface area contributed by atoms with E-state index in [1.807, 2.05) is 39.0 Å². The lowest BCUT2D eigenvalue weighted by Gasteiger charge is -2.31. The van der Waals surface area contributed by atoms with Crippen molar-refractivity contribution in [2.45, 2.75) is 45.4 Å². The minimum absolute atomic E-state index is 0.0637. The molecule has 1 fully saturated rings. The quantitative estimate of drug-likeness (QED) is 0.508. The number of nitrogens with zero attached hydrogens (tertiary/aromatic N) is 1. The molecule has 0 bridgehead atoms. The Morgan fingerprint density at radius 2 is 1.76 bits per heavy atom. The van der Waals surface area contributed by atoms with E-state index in [9.17, 15) is 13.2 Å². The van der Waals surface area contributed by atoms with E-state index in [0.717, 1.165) is 5.56 Å². The van der Waals surface area contributed by atoms with Gasteiger partial charge in [-0.2, -0.15) is 0 Å². The fraction of sp³-hybridized carbons (Fsp3) is 0.480. The fourth-order valence-electron chi connectivity index (χ4n) is 4.08. The van der Waals surface area contributed by atoms with Crippen molar-refractivity contribution in [2.75, 3.05) is 26.3 Å². The highest BCUT2D eigenvalue weighted by atomic mass is 35.5. The van der Waals surface area contributed by atoms with Crippen molar-refractivity contribution in [3.63, 3.8) is 0 Å². The maximum absolute atomic E-state index is 12.9. The van der Waals surface area contributed by atoms with Crippen molar-refractivity contribution >= 4 is 27.5 Å². The standard InChI is InChI=1S/C25H33ClN2O5S/c1-4-32-23-10-9-21(16-24(23)33-5-2)18(3)27-25(29)20-11-13-28(14-12-20)34(30,31)17-19-7-6-8-22(26)15-19/h6-10,15-16,18,20H,4-5,11-14,17H2,1-3H3,(H,27,29)/t18-/m1/s1. The molecule has 34 heavy (non-hydrogen) atoms. The molecule has 1 amide bonds. The van der Waals surface area contributed by atoms with E-state index >= 15 is 0 Å². The van der Waals surface area contributed by atoms with Crippen LogP contribution in [0.3, 0.4) is 0 Å². The van der Waals surface area contributed by atoms with Gasteiger partial charge in [-0.05, 0) is 69.0 Å². The average Bonchev–Trinajstić information content (AvgIpc) is 2.80. The lowest BCUT2D eigenvalue weighted by Crippen LogP contribution is -2.43. The molecule has 1 aliphatic rings. The molecular weight excluding hydrogens is 476 g/mol. The molecule has 1 atom stereocenters. The average molecular weight is 509 g/mol. The van der Waals surface area contributed by atoms with Gasteiger partial charge in [-0.15, -0.1) is 0 Å². The zero-order valence-corrected chi connectivity index (χ0v) is 21.5. The Hall–Kier alpha value is -2.29. The van der Waals surface area contributed by atoms with Gasteiger partial charge in [0.25, 0.3) is 0 Å². The van der Waals surface area contributed by atoms with Crippen molar-refractivity contribution in [1.29, 1.82) is 0 Å². The largest absolute Gasteiger partial charge is 0.490 e. The second-order valence-electron chi connectivity index (χ2n) is 8.36. The molecule has 0 saturated carbocycles. The van der Waals surface area contributed by atoms with Crippen LogP contribution < -0.4 is 14.8 Å². The Kier molecular flexibility index (Phi) is 9.22. The summed E-state index contributed by atoms with van der Waals surface area (Å²) in [6.07, 6.45) is 0.974. The topological polar surface area (TPSA) is 84.9 Å². The van der Waals surface area contributed by atoms with E-state index in [4.69, 9.17) is 21.1 Å². The summed E-state index contributed by atoms with van der Waals surface area (Å²) < 4.78 is 38.4. The van der Waals surface area contributed by atoms with Crippen LogP contribution in [-0.4, -0.2) is 44.9 Å². The number of piperidine rings is 1. The van der Waals surface area contributed by atoms with Crippen molar-refractivity contribution in [3.8, 4) is 11.5 Å². The molecule has 2 aromatic rings. The first-order valence-electron chi connectivity index (χ1n) is 11.7. The van der Waals surface area contributed by atoms with Crippen LogP contribution in [0.5, 0.6) is 11.5 Å². The summed E-state index contributed by atoms with van der Waals surface area (Å²) >= 11 is 5.98. The first-order valence-corrected chi connectivity index (χ1v) is 13.6. The minimum Gasteiger partial charge on any atom is -0.490 e. The van der Waals surface area contributed by atoms with Crippen LogP contribution >= 0.6 is 11.6 Å². The third-order valence-corrected chi connectivity index (χ3v) is 7.97. The Morgan fingerprint density at radius 1 is 1.09 bits per heavy atom. The molecule has 1 aliphatic heterocycles. The van der Waals surface area contributed by atoms with E-state index in [0.29, 0.717) is 61.2 Å². The Morgan fingerprint density at radius 3 is 2.41 bits per heavy atom. The van der Waals surface area contributed by atoms with Crippen LogP contribution in [0, 0.1) is 5.92 Å². The van der Waals surface area contributed by atoms with Crippen molar-refractivity contribution in [2.24, 2.45) is 5.92 Å². The minimum atomic E-state index is -3.47. The number of sulfonamides is 1. The van der Waals surface area contributed by atoms with Gasteiger partial charge < -0.3 is 14.8 Å². The molecule has 0 unspecified atom stereocenters. The predicted molar refractivity (Wildman–Crippen MR) is 134 cm³/mol. The summed E-state index contributed by atoms with van der Waals surface area (Å²) in [5, 5.41) is 3.58. The van der Waals surface area contributed by atoms with Crippen molar-refractivity contribution in [3.05, 3.63) is 58.6 Å². The zero-order valence-electron chi connectivity index (χ0n) is 19.9. The van der Waals surface area contributed by atoms with Crippen LogP contribution in [-0.2, 0) is 20.6 Å². The molecule has 9 heteroatoms. The van der Waals surface area contributed by atoms with Crippen molar-refractivity contribution in [1.82, 2.24) is 9.62 Å². The molecule has 1 saturated heterocycles. The lowest BCUT2D eigenvalue weighted by molar-refractivity contribution is -0.126. The monoisotopic (exact) mass is 508 g/mol. The first-order chi connectivity index (χ1) is 16.2. The number of nitrogens with one attached hydrogen (secondary N) is 1. The van der Waals surface area contributed by atoms with Crippen LogP contribution in [0.1, 0.15) is 50.8 Å². The van der Waals surface area contributed by atoms with Crippen LogP contribution in [0.25, 0.3) is 0 Å². The fourth-order valence-corrected chi connectivity index (χ4v) is 5.84. The molecule has 2 aromatic carbocycles. The molecule has 1 heterocycles. The van der Waals surface area contributed by atoms with Gasteiger partial charge in [-0.3, -0.25) is 4.79 Å². The van der Waals surface area contributed by atoms with Crippen LogP contribution in [0.2, 0.25) is 5.02 Å². The van der Waals surface area contributed by atoms with Gasteiger partial charge in [0.2, 0.25) is 15.9 Å². The Bertz CT molecular complexity index is 1080. The first kappa shape index (κ1) is 26.3. The SMILES string of the molecule is CCOc1ccc([C@@H](C)NC(=O)C2CCN(S(=O)(=O)Cc3cccc(Cl)c3)CC2)cc1OCC. The second-order valence-corrected chi connectivity index (χ2v) is 10.8. The number of hydrogen-bond donors (Lipinski definition) is 1. The summed E-state index contributed by atoms with van der Waals surface area (Å²) in [7, 11) is -3.47. The summed E-state index contributed by atoms with van der Waals surface area (Å²) in [5.74, 6) is 0.945. The van der Waals surface area contributed by atoms with E-state index in [-0.39, 0.29) is 23.6 Å². The molecule has 0 spiro atoms. The highest BCUT2D eigenvalue weighted by Gasteiger charge is 2.31. The van der Waals surface area contributed by atoms with Gasteiger partial charge >= 0.3 is 0 Å². The summed E-state index contributed by atoms with van der Waals surface area (Å²) in [5.41, 5.74) is 1.57. The van der Waals surface area contributed by atoms with Gasteiger partial charge in [0, 0.05) is 24.0 Å². The number of rotatable bonds is 10. The maximum Gasteiger partial charge on any atom is 0.223 e. The normalized spacial score (nSPS) is 16.1. The number of hydrogen-bond acceptors (Lipinski definition) is 5. The lowest BCUT2D eigenvalue weighted by atomic mass is 9.96. The Balaban J connectivity index is 1.56. The van der Waals surface area contributed by atoms with Gasteiger partial charge in [0.1, 0.15) is 0 Å². The van der Waals surface area contributed by atoms with Gasteiger partial charge in [-0.1, -0.05) is 29.8 Å². The van der Waals surface area contributed by atoms with Crippen LogP contribution in [0.15, 0.2) is 42.5 Å². The molecule has 7 nitrogen and oxygen atoms in total. The van der Waals surface area contributed by atoms with E-state index < -0.39 is 10.0 Å². The molecule has 0 aromatic heterocycles. The van der Waals surface area contributed by atoms with Crippen LogP contribution in [0.4, 0.5) is 0 Å². The molecule has 0 radical (unpaired) electrons. The number of halogens is 1. The number of carbonyl (C=O) groups is 1. The van der Waals surface area contributed by atoms with E-state index in [1.54, 1.807) is 24.3 Å². The summed E-state index contributed by atoms with van der Waals surface area (Å²) in [6.45, 7) is 7.46. The van der Waals surface area contributed by atoms with Gasteiger partial charge in [0.05, 0.1) is 25.0 Å². The number of benzene rings is 2. The van der Waals surface area contributed by atoms with Crippen molar-refractivity contribution < 1.29 is 22.7 Å². The molecule has 3 rings (SSSR count). The van der Waals surface area contributed by atoms with E-state index in [1.165, 1.54) is 4.31 Å². The zero-order chi connectivity index (χ0) is 24.7.